The molecule has 1 aliphatic rings. The van der Waals surface area contributed by atoms with E-state index in [0.717, 1.165) is 17.8 Å². The predicted octanol–water partition coefficient (Wildman–Crippen LogP) is 3.36. The van der Waals surface area contributed by atoms with Crippen molar-refractivity contribution < 1.29 is 0 Å². The third kappa shape index (κ3) is 5.71. The summed E-state index contributed by atoms with van der Waals surface area (Å²) in [6.45, 7) is 15.3. The highest BCUT2D eigenvalue weighted by atomic mass is 15.1. The summed E-state index contributed by atoms with van der Waals surface area (Å²) >= 11 is 0. The molecule has 108 valence electrons. The number of hydrogen-bond donors (Lipinski definition) is 1. The summed E-state index contributed by atoms with van der Waals surface area (Å²) in [7, 11) is 0. The minimum Gasteiger partial charge on any atom is -0.327 e. The lowest BCUT2D eigenvalue weighted by Crippen LogP contribution is -2.44. The molecule has 1 fully saturated rings. The standard InChI is InChI=1S/C16H34N2/c1-12(2)9-18(10-13(3)4)11-15-8-14(5)6-7-16(15)17/h12-16H,6-11,17H2,1-5H3. The van der Waals surface area contributed by atoms with E-state index in [2.05, 4.69) is 39.5 Å². The van der Waals surface area contributed by atoms with Gasteiger partial charge in [-0.25, -0.2) is 0 Å². The van der Waals surface area contributed by atoms with Crippen LogP contribution < -0.4 is 5.73 Å². The zero-order chi connectivity index (χ0) is 13.7. The molecule has 1 saturated carbocycles. The molecule has 2 nitrogen and oxygen atoms in total. The molecule has 1 rings (SSSR count). The SMILES string of the molecule is CC(C)CN(CC(C)C)CC1CC(C)CCC1N. The Morgan fingerprint density at radius 2 is 1.61 bits per heavy atom. The van der Waals surface area contributed by atoms with Gasteiger partial charge in [0.15, 0.2) is 0 Å². The van der Waals surface area contributed by atoms with Crippen molar-refractivity contribution in [2.45, 2.75) is 59.9 Å². The normalized spacial score (nSPS) is 29.5. The molecule has 0 radical (unpaired) electrons. The van der Waals surface area contributed by atoms with Crippen molar-refractivity contribution in [3.63, 3.8) is 0 Å². The van der Waals surface area contributed by atoms with Crippen molar-refractivity contribution in [2.24, 2.45) is 29.4 Å². The molecule has 2 N–H and O–H groups in total. The molecule has 1 aliphatic carbocycles. The average molecular weight is 254 g/mol. The fourth-order valence-electron chi connectivity index (χ4n) is 3.32. The first-order valence-corrected chi connectivity index (χ1v) is 7.86. The molecule has 0 aliphatic heterocycles. The van der Waals surface area contributed by atoms with Crippen LogP contribution in [-0.4, -0.2) is 30.6 Å². The van der Waals surface area contributed by atoms with Crippen LogP contribution in [0.5, 0.6) is 0 Å². The van der Waals surface area contributed by atoms with E-state index in [1.54, 1.807) is 0 Å². The molecule has 3 atom stereocenters. The highest BCUT2D eigenvalue weighted by Gasteiger charge is 2.27. The van der Waals surface area contributed by atoms with E-state index >= 15 is 0 Å². The van der Waals surface area contributed by atoms with Crippen molar-refractivity contribution in [1.29, 1.82) is 0 Å². The highest BCUT2D eigenvalue weighted by molar-refractivity contribution is 4.83. The predicted molar refractivity (Wildman–Crippen MR) is 80.6 cm³/mol. The first-order valence-electron chi connectivity index (χ1n) is 7.86. The van der Waals surface area contributed by atoms with Crippen molar-refractivity contribution in [3.8, 4) is 0 Å². The number of nitrogens with zero attached hydrogens (tertiary/aromatic N) is 1. The second-order valence-electron chi connectivity index (χ2n) is 7.35. The first kappa shape index (κ1) is 16.0. The Morgan fingerprint density at radius 1 is 1.06 bits per heavy atom. The van der Waals surface area contributed by atoms with Crippen molar-refractivity contribution >= 4 is 0 Å². The van der Waals surface area contributed by atoms with Crippen LogP contribution in [0.4, 0.5) is 0 Å². The summed E-state index contributed by atoms with van der Waals surface area (Å²) < 4.78 is 0. The van der Waals surface area contributed by atoms with Crippen molar-refractivity contribution in [3.05, 3.63) is 0 Å². The fourth-order valence-corrected chi connectivity index (χ4v) is 3.32. The summed E-state index contributed by atoms with van der Waals surface area (Å²) in [4.78, 5) is 2.65. The first-order chi connectivity index (χ1) is 8.38. The van der Waals surface area contributed by atoms with Crippen molar-refractivity contribution in [1.82, 2.24) is 4.90 Å². The second kappa shape index (κ2) is 7.49. The number of rotatable bonds is 6. The number of nitrogens with two attached hydrogens (primary N) is 1. The van der Waals surface area contributed by atoms with Crippen LogP contribution in [0.1, 0.15) is 53.9 Å². The molecule has 2 heteroatoms. The minimum absolute atomic E-state index is 0.433. The van der Waals surface area contributed by atoms with Gasteiger partial charge < -0.3 is 10.6 Å². The summed E-state index contributed by atoms with van der Waals surface area (Å²) in [5, 5.41) is 0. The molecule has 0 aromatic heterocycles. The van der Waals surface area contributed by atoms with Gasteiger partial charge >= 0.3 is 0 Å². The van der Waals surface area contributed by atoms with Gasteiger partial charge in [-0.1, -0.05) is 34.6 Å². The molecule has 0 saturated heterocycles. The van der Waals surface area contributed by atoms with Crippen LogP contribution in [0.3, 0.4) is 0 Å². The number of hydrogen-bond acceptors (Lipinski definition) is 2. The summed E-state index contributed by atoms with van der Waals surface area (Å²) in [5.74, 6) is 3.09. The molecule has 0 aromatic rings. The lowest BCUT2D eigenvalue weighted by molar-refractivity contribution is 0.139. The molecule has 0 amide bonds. The molecule has 0 aromatic carbocycles. The summed E-state index contributed by atoms with van der Waals surface area (Å²) in [6.07, 6.45) is 3.88. The molecule has 3 unspecified atom stereocenters. The summed E-state index contributed by atoms with van der Waals surface area (Å²) in [6, 6.07) is 0.433. The zero-order valence-corrected chi connectivity index (χ0v) is 13.2. The Balaban J connectivity index is 2.51. The van der Waals surface area contributed by atoms with Crippen molar-refractivity contribution in [2.75, 3.05) is 19.6 Å². The van der Waals surface area contributed by atoms with E-state index in [4.69, 9.17) is 5.73 Å². The summed E-state index contributed by atoms with van der Waals surface area (Å²) in [5.41, 5.74) is 6.32. The van der Waals surface area contributed by atoms with Crippen LogP contribution in [0.25, 0.3) is 0 Å². The Hall–Kier alpha value is -0.0800. The maximum absolute atomic E-state index is 6.32. The Kier molecular flexibility index (Phi) is 6.65. The third-order valence-electron chi connectivity index (χ3n) is 4.04. The lowest BCUT2D eigenvalue weighted by atomic mass is 9.79. The van der Waals surface area contributed by atoms with Crippen LogP contribution in [0, 0.1) is 23.7 Å². The van der Waals surface area contributed by atoms with E-state index in [1.165, 1.54) is 38.9 Å². The van der Waals surface area contributed by atoms with Gasteiger partial charge in [-0.15, -0.1) is 0 Å². The van der Waals surface area contributed by atoms with Gasteiger partial charge in [0, 0.05) is 25.7 Å². The minimum atomic E-state index is 0.433. The van der Waals surface area contributed by atoms with E-state index in [0.29, 0.717) is 12.0 Å². The average Bonchev–Trinajstić information content (AvgIpc) is 2.21. The fraction of sp³-hybridized carbons (Fsp3) is 1.00. The van der Waals surface area contributed by atoms with Gasteiger partial charge in [0.1, 0.15) is 0 Å². The maximum Gasteiger partial charge on any atom is 0.00795 e. The lowest BCUT2D eigenvalue weighted by Gasteiger charge is -2.37. The van der Waals surface area contributed by atoms with Crippen LogP contribution in [0.15, 0.2) is 0 Å². The molecule has 0 spiro atoms. The molecular formula is C16H34N2. The topological polar surface area (TPSA) is 29.3 Å². The quantitative estimate of drug-likeness (QED) is 0.787. The zero-order valence-electron chi connectivity index (χ0n) is 13.2. The maximum atomic E-state index is 6.32. The van der Waals surface area contributed by atoms with Crippen LogP contribution >= 0.6 is 0 Å². The van der Waals surface area contributed by atoms with E-state index in [-0.39, 0.29) is 0 Å². The monoisotopic (exact) mass is 254 g/mol. The Bertz CT molecular complexity index is 215. The van der Waals surface area contributed by atoms with Gasteiger partial charge in [-0.3, -0.25) is 0 Å². The second-order valence-corrected chi connectivity index (χ2v) is 7.35. The van der Waals surface area contributed by atoms with E-state index < -0.39 is 0 Å². The van der Waals surface area contributed by atoms with Gasteiger partial charge in [0.2, 0.25) is 0 Å². The largest absolute Gasteiger partial charge is 0.327 e. The molecule has 0 heterocycles. The van der Waals surface area contributed by atoms with Crippen LogP contribution in [0.2, 0.25) is 0 Å². The molecule has 0 bridgehead atoms. The van der Waals surface area contributed by atoms with Crippen LogP contribution in [-0.2, 0) is 0 Å². The third-order valence-corrected chi connectivity index (χ3v) is 4.04. The van der Waals surface area contributed by atoms with E-state index in [1.807, 2.05) is 0 Å². The van der Waals surface area contributed by atoms with Gasteiger partial charge in [-0.05, 0) is 42.9 Å². The molecular weight excluding hydrogens is 220 g/mol. The highest BCUT2D eigenvalue weighted by Crippen LogP contribution is 2.28. The Labute approximate surface area is 114 Å². The Morgan fingerprint density at radius 3 is 2.11 bits per heavy atom. The van der Waals surface area contributed by atoms with Gasteiger partial charge in [0.25, 0.3) is 0 Å². The van der Waals surface area contributed by atoms with Gasteiger partial charge in [0.05, 0.1) is 0 Å². The van der Waals surface area contributed by atoms with E-state index in [9.17, 15) is 0 Å². The van der Waals surface area contributed by atoms with Gasteiger partial charge in [-0.2, -0.15) is 0 Å². The molecule has 18 heavy (non-hydrogen) atoms. The smallest absolute Gasteiger partial charge is 0.00795 e.